The molecule has 0 heterocycles. The van der Waals surface area contributed by atoms with Gasteiger partial charge < -0.3 is 15.4 Å². The number of methoxy groups -OCH3 is 1. The number of likely N-dealkylation sites (N-methyl/N-ethyl adjacent to an activating group) is 1. The van der Waals surface area contributed by atoms with E-state index in [1.807, 2.05) is 13.0 Å². The smallest absolute Gasteiger partial charge is 0.321 e. The number of hydrogen-bond acceptors (Lipinski definition) is 5. The van der Waals surface area contributed by atoms with Crippen molar-refractivity contribution in [3.8, 4) is 5.75 Å². The minimum Gasteiger partial charge on any atom is -0.495 e. The Bertz CT molecular complexity index is 631. The molecule has 8 heteroatoms. The van der Waals surface area contributed by atoms with Gasteiger partial charge in [-0.15, -0.1) is 0 Å². The van der Waals surface area contributed by atoms with E-state index in [1.165, 1.54) is 7.11 Å². The van der Waals surface area contributed by atoms with Crippen LogP contribution in [0.4, 0.5) is 10.5 Å². The molecule has 8 nitrogen and oxygen atoms in total. The van der Waals surface area contributed by atoms with Crippen molar-refractivity contribution >= 4 is 23.5 Å². The quantitative estimate of drug-likeness (QED) is 0.649. The van der Waals surface area contributed by atoms with Gasteiger partial charge in [0, 0.05) is 6.04 Å². The Morgan fingerprint density at radius 3 is 2.48 bits per heavy atom. The van der Waals surface area contributed by atoms with Gasteiger partial charge in [0.25, 0.3) is 0 Å². The second-order valence-electron chi connectivity index (χ2n) is 5.85. The third-order valence-corrected chi connectivity index (χ3v) is 3.73. The zero-order valence-electron chi connectivity index (χ0n) is 14.5. The zero-order valence-corrected chi connectivity index (χ0v) is 14.5. The van der Waals surface area contributed by atoms with E-state index in [4.69, 9.17) is 4.74 Å². The van der Waals surface area contributed by atoms with Crippen LogP contribution in [0.15, 0.2) is 24.3 Å². The molecule has 2 rings (SSSR count). The Balaban J connectivity index is 1.80. The van der Waals surface area contributed by atoms with Gasteiger partial charge in [-0.3, -0.25) is 19.8 Å². The van der Waals surface area contributed by atoms with Crippen LogP contribution in [0.5, 0.6) is 5.75 Å². The summed E-state index contributed by atoms with van der Waals surface area (Å²) in [6.45, 7) is 2.34. The van der Waals surface area contributed by atoms with Crippen LogP contribution in [0, 0.1) is 0 Å². The van der Waals surface area contributed by atoms with Crippen molar-refractivity contribution in [1.82, 2.24) is 15.5 Å². The van der Waals surface area contributed by atoms with Gasteiger partial charge in [-0.05, 0) is 31.5 Å². The summed E-state index contributed by atoms with van der Waals surface area (Å²) in [4.78, 5) is 37.3. The van der Waals surface area contributed by atoms with Crippen LogP contribution in [0.25, 0.3) is 0 Å². The summed E-state index contributed by atoms with van der Waals surface area (Å²) in [5.74, 6) is -0.139. The molecule has 3 N–H and O–H groups in total. The number of amides is 4. The molecule has 1 saturated carbocycles. The Morgan fingerprint density at radius 1 is 1.16 bits per heavy atom. The van der Waals surface area contributed by atoms with E-state index in [9.17, 15) is 14.4 Å². The molecule has 0 radical (unpaired) electrons. The highest BCUT2D eigenvalue weighted by Crippen LogP contribution is 2.22. The molecule has 136 valence electrons. The third kappa shape index (κ3) is 6.42. The number of ether oxygens (including phenoxy) is 1. The summed E-state index contributed by atoms with van der Waals surface area (Å²) in [5, 5.41) is 7.71. The van der Waals surface area contributed by atoms with Gasteiger partial charge in [-0.1, -0.05) is 19.1 Å². The predicted octanol–water partition coefficient (Wildman–Crippen LogP) is 0.944. The summed E-state index contributed by atoms with van der Waals surface area (Å²) >= 11 is 0. The average Bonchev–Trinajstić information content (AvgIpc) is 3.38. The molecule has 0 aliphatic heterocycles. The predicted molar refractivity (Wildman–Crippen MR) is 93.4 cm³/mol. The highest BCUT2D eigenvalue weighted by Gasteiger charge is 2.24. The molecule has 1 fully saturated rings. The number of anilines is 1. The monoisotopic (exact) mass is 348 g/mol. The second kappa shape index (κ2) is 9.03. The number of para-hydroxylation sites is 2. The van der Waals surface area contributed by atoms with Crippen molar-refractivity contribution in [2.75, 3.05) is 32.1 Å². The molecule has 0 aromatic heterocycles. The number of rotatable bonds is 8. The van der Waals surface area contributed by atoms with Crippen molar-refractivity contribution in [3.05, 3.63) is 24.3 Å². The van der Waals surface area contributed by atoms with Crippen molar-refractivity contribution in [1.29, 1.82) is 0 Å². The van der Waals surface area contributed by atoms with Crippen LogP contribution in [-0.2, 0) is 9.59 Å². The molecule has 1 aliphatic rings. The van der Waals surface area contributed by atoms with E-state index in [-0.39, 0.29) is 25.0 Å². The number of nitrogens with one attached hydrogen (secondary N) is 3. The molecule has 0 saturated heterocycles. The molecule has 1 aromatic carbocycles. The number of imide groups is 1. The minimum absolute atomic E-state index is 0.0338. The zero-order chi connectivity index (χ0) is 18.2. The van der Waals surface area contributed by atoms with Crippen LogP contribution in [0.3, 0.4) is 0 Å². The summed E-state index contributed by atoms with van der Waals surface area (Å²) < 4.78 is 5.19. The van der Waals surface area contributed by atoms with Gasteiger partial charge in [0.05, 0.1) is 25.9 Å². The van der Waals surface area contributed by atoms with E-state index in [1.54, 1.807) is 23.1 Å². The molecule has 25 heavy (non-hydrogen) atoms. The molecule has 0 spiro atoms. The lowest BCUT2D eigenvalue weighted by Gasteiger charge is -2.19. The van der Waals surface area contributed by atoms with Crippen LogP contribution in [-0.4, -0.2) is 55.5 Å². The standard InChI is InChI=1S/C17H24N4O4/c1-3-21(11-16(23)20-17(24)18-12-8-9-12)10-15(22)19-13-6-4-5-7-14(13)25-2/h4-7,12H,3,8-11H2,1-2H3,(H,19,22)(H2,18,20,23,24). The first-order valence-electron chi connectivity index (χ1n) is 8.27. The van der Waals surface area contributed by atoms with E-state index >= 15 is 0 Å². The minimum atomic E-state index is -0.484. The number of benzene rings is 1. The molecular formula is C17H24N4O4. The molecule has 1 aromatic rings. The molecule has 0 unspecified atom stereocenters. The number of urea groups is 1. The van der Waals surface area contributed by atoms with Crippen LogP contribution in [0.2, 0.25) is 0 Å². The number of hydrogen-bond donors (Lipinski definition) is 3. The highest BCUT2D eigenvalue weighted by molar-refractivity contribution is 5.96. The molecular weight excluding hydrogens is 324 g/mol. The highest BCUT2D eigenvalue weighted by atomic mass is 16.5. The molecule has 4 amide bonds. The summed E-state index contributed by atoms with van der Waals surface area (Å²) in [5.41, 5.74) is 0.569. The fraction of sp³-hybridized carbons (Fsp3) is 0.471. The Labute approximate surface area is 146 Å². The fourth-order valence-corrected chi connectivity index (χ4v) is 2.24. The van der Waals surface area contributed by atoms with Crippen LogP contribution < -0.4 is 20.7 Å². The number of carbonyl (C=O) groups excluding carboxylic acids is 3. The molecule has 0 atom stereocenters. The van der Waals surface area contributed by atoms with Crippen molar-refractivity contribution in [3.63, 3.8) is 0 Å². The van der Waals surface area contributed by atoms with Crippen molar-refractivity contribution < 1.29 is 19.1 Å². The maximum Gasteiger partial charge on any atom is 0.321 e. The van der Waals surface area contributed by atoms with Crippen molar-refractivity contribution in [2.45, 2.75) is 25.8 Å². The fourth-order valence-electron chi connectivity index (χ4n) is 2.24. The van der Waals surface area contributed by atoms with Gasteiger partial charge in [-0.2, -0.15) is 0 Å². The maximum atomic E-state index is 12.2. The van der Waals surface area contributed by atoms with Gasteiger partial charge >= 0.3 is 6.03 Å². The van der Waals surface area contributed by atoms with Gasteiger partial charge in [0.2, 0.25) is 11.8 Å². The Hall–Kier alpha value is -2.61. The molecule has 1 aliphatic carbocycles. The first-order chi connectivity index (χ1) is 12.0. The van der Waals surface area contributed by atoms with Gasteiger partial charge in [-0.25, -0.2) is 4.79 Å². The maximum absolute atomic E-state index is 12.2. The van der Waals surface area contributed by atoms with E-state index in [2.05, 4.69) is 16.0 Å². The normalized spacial score (nSPS) is 13.2. The number of carbonyl (C=O) groups is 3. The lowest BCUT2D eigenvalue weighted by Crippen LogP contribution is -2.46. The topological polar surface area (TPSA) is 99.8 Å². The van der Waals surface area contributed by atoms with E-state index < -0.39 is 11.9 Å². The Kier molecular flexibility index (Phi) is 6.76. The number of nitrogens with zero attached hydrogens (tertiary/aromatic N) is 1. The summed E-state index contributed by atoms with van der Waals surface area (Å²) in [7, 11) is 1.53. The van der Waals surface area contributed by atoms with Crippen molar-refractivity contribution in [2.24, 2.45) is 0 Å². The van der Waals surface area contributed by atoms with E-state index in [0.717, 1.165) is 12.8 Å². The van der Waals surface area contributed by atoms with Gasteiger partial charge in [0.15, 0.2) is 0 Å². The summed E-state index contributed by atoms with van der Waals surface area (Å²) in [6.07, 6.45) is 1.90. The lowest BCUT2D eigenvalue weighted by molar-refractivity contribution is -0.122. The average molecular weight is 348 g/mol. The van der Waals surface area contributed by atoms with Crippen LogP contribution >= 0.6 is 0 Å². The largest absolute Gasteiger partial charge is 0.495 e. The SMILES string of the molecule is CCN(CC(=O)NC(=O)NC1CC1)CC(=O)Nc1ccccc1OC. The third-order valence-electron chi connectivity index (χ3n) is 3.73. The summed E-state index contributed by atoms with van der Waals surface area (Å²) in [6, 6.07) is 6.79. The second-order valence-corrected chi connectivity index (χ2v) is 5.85. The Morgan fingerprint density at radius 2 is 1.84 bits per heavy atom. The van der Waals surface area contributed by atoms with E-state index in [0.29, 0.717) is 18.0 Å². The first kappa shape index (κ1) is 18.7. The molecule has 0 bridgehead atoms. The lowest BCUT2D eigenvalue weighted by atomic mass is 10.3. The van der Waals surface area contributed by atoms with Gasteiger partial charge in [0.1, 0.15) is 5.75 Å². The van der Waals surface area contributed by atoms with Crippen LogP contribution in [0.1, 0.15) is 19.8 Å². The first-order valence-corrected chi connectivity index (χ1v) is 8.27.